The zero-order valence-electron chi connectivity index (χ0n) is 12.5. The molecule has 1 heterocycles. The van der Waals surface area contributed by atoms with Crippen molar-refractivity contribution in [1.82, 2.24) is 15.5 Å². The molecular weight excluding hydrogens is 250 g/mol. The predicted octanol–water partition coefficient (Wildman–Crippen LogP) is 3.36. The summed E-state index contributed by atoms with van der Waals surface area (Å²) in [5.41, 5.74) is 1.24. The van der Waals surface area contributed by atoms with Gasteiger partial charge in [0.1, 0.15) is 0 Å². The minimum Gasteiger partial charge on any atom is -0.339 e. The highest BCUT2D eigenvalue weighted by molar-refractivity contribution is 5.25. The number of nitrogens with one attached hydrogen (secondary N) is 1. The molecule has 2 unspecified atom stereocenters. The van der Waals surface area contributed by atoms with Crippen LogP contribution in [0.4, 0.5) is 0 Å². The highest BCUT2D eigenvalue weighted by atomic mass is 16.5. The first-order valence-corrected chi connectivity index (χ1v) is 7.34. The van der Waals surface area contributed by atoms with Crippen LogP contribution in [0.5, 0.6) is 0 Å². The van der Waals surface area contributed by atoms with Crippen molar-refractivity contribution < 1.29 is 4.52 Å². The maximum absolute atomic E-state index is 5.50. The van der Waals surface area contributed by atoms with Gasteiger partial charge in [0.15, 0.2) is 5.82 Å². The topological polar surface area (TPSA) is 51.0 Å². The summed E-state index contributed by atoms with van der Waals surface area (Å²) in [7, 11) is 0. The van der Waals surface area contributed by atoms with E-state index in [1.165, 1.54) is 5.56 Å². The maximum Gasteiger partial charge on any atom is 0.234 e. The Hall–Kier alpha value is -1.68. The zero-order chi connectivity index (χ0) is 14.4. The first-order chi connectivity index (χ1) is 9.76. The fraction of sp³-hybridized carbons (Fsp3) is 0.500. The molecule has 0 saturated heterocycles. The van der Waals surface area contributed by atoms with E-state index in [0.29, 0.717) is 12.5 Å². The molecule has 1 aromatic carbocycles. The van der Waals surface area contributed by atoms with Gasteiger partial charge in [-0.2, -0.15) is 4.98 Å². The normalized spacial score (nSPS) is 14.2. The average Bonchev–Trinajstić information content (AvgIpc) is 2.94. The summed E-state index contributed by atoms with van der Waals surface area (Å²) >= 11 is 0. The van der Waals surface area contributed by atoms with E-state index >= 15 is 0 Å². The molecule has 4 heteroatoms. The van der Waals surface area contributed by atoms with Gasteiger partial charge in [-0.05, 0) is 18.0 Å². The van der Waals surface area contributed by atoms with Crippen molar-refractivity contribution in [2.45, 2.75) is 39.7 Å². The van der Waals surface area contributed by atoms with Gasteiger partial charge in [-0.3, -0.25) is 0 Å². The summed E-state index contributed by atoms with van der Waals surface area (Å²) in [6.07, 6.45) is 1.07. The first-order valence-electron chi connectivity index (χ1n) is 7.34. The van der Waals surface area contributed by atoms with Crippen LogP contribution < -0.4 is 5.32 Å². The van der Waals surface area contributed by atoms with Crippen molar-refractivity contribution in [3.63, 3.8) is 0 Å². The molecule has 0 aliphatic rings. The van der Waals surface area contributed by atoms with Crippen LogP contribution in [0.15, 0.2) is 34.9 Å². The summed E-state index contributed by atoms with van der Waals surface area (Å²) in [5.74, 6) is 2.08. The van der Waals surface area contributed by atoms with Crippen LogP contribution in [-0.2, 0) is 6.54 Å². The van der Waals surface area contributed by atoms with Gasteiger partial charge >= 0.3 is 0 Å². The van der Waals surface area contributed by atoms with E-state index in [2.05, 4.69) is 60.5 Å². The molecule has 20 heavy (non-hydrogen) atoms. The molecule has 0 bridgehead atoms. The van der Waals surface area contributed by atoms with Crippen molar-refractivity contribution in [1.29, 1.82) is 0 Å². The molecule has 1 aromatic heterocycles. The summed E-state index contributed by atoms with van der Waals surface area (Å²) in [6.45, 7) is 8.04. The van der Waals surface area contributed by atoms with Crippen molar-refractivity contribution in [2.75, 3.05) is 6.54 Å². The van der Waals surface area contributed by atoms with E-state index in [1.807, 2.05) is 6.07 Å². The third-order valence-electron chi connectivity index (χ3n) is 3.65. The number of aromatic nitrogens is 2. The van der Waals surface area contributed by atoms with Gasteiger partial charge in [0.25, 0.3) is 0 Å². The van der Waals surface area contributed by atoms with E-state index in [1.54, 1.807) is 0 Å². The van der Waals surface area contributed by atoms with Gasteiger partial charge in [0.2, 0.25) is 5.89 Å². The van der Waals surface area contributed by atoms with Crippen LogP contribution in [0.3, 0.4) is 0 Å². The van der Waals surface area contributed by atoms with Gasteiger partial charge in [-0.25, -0.2) is 0 Å². The summed E-state index contributed by atoms with van der Waals surface area (Å²) in [6, 6.07) is 10.4. The molecule has 0 radical (unpaired) electrons. The van der Waals surface area contributed by atoms with Gasteiger partial charge in [-0.15, -0.1) is 0 Å². The van der Waals surface area contributed by atoms with Gasteiger partial charge in [0.05, 0.1) is 12.5 Å². The Bertz CT molecular complexity index is 509. The molecular formula is C16H23N3O. The number of nitrogens with zero attached hydrogens (tertiary/aromatic N) is 2. The quantitative estimate of drug-likeness (QED) is 0.840. The van der Waals surface area contributed by atoms with E-state index in [0.717, 1.165) is 24.7 Å². The fourth-order valence-electron chi connectivity index (χ4n) is 2.31. The fourth-order valence-corrected chi connectivity index (χ4v) is 2.31. The van der Waals surface area contributed by atoms with Gasteiger partial charge in [0, 0.05) is 0 Å². The van der Waals surface area contributed by atoms with Crippen LogP contribution in [0, 0.1) is 5.92 Å². The highest BCUT2D eigenvalue weighted by Gasteiger charge is 2.25. The van der Waals surface area contributed by atoms with Crippen molar-refractivity contribution in [3.8, 4) is 0 Å². The van der Waals surface area contributed by atoms with Crippen LogP contribution >= 0.6 is 0 Å². The van der Waals surface area contributed by atoms with Gasteiger partial charge < -0.3 is 9.84 Å². The van der Waals surface area contributed by atoms with Crippen LogP contribution in [0.1, 0.15) is 50.4 Å². The second-order valence-corrected chi connectivity index (χ2v) is 5.10. The van der Waals surface area contributed by atoms with Gasteiger partial charge in [-0.1, -0.05) is 62.7 Å². The van der Waals surface area contributed by atoms with Crippen molar-refractivity contribution in [3.05, 3.63) is 47.6 Å². The molecule has 2 atom stereocenters. The smallest absolute Gasteiger partial charge is 0.234 e. The summed E-state index contributed by atoms with van der Waals surface area (Å²) in [4.78, 5) is 4.55. The minimum absolute atomic E-state index is 0.170. The predicted molar refractivity (Wildman–Crippen MR) is 79.4 cm³/mol. The molecule has 2 aromatic rings. The number of rotatable bonds is 7. The van der Waals surface area contributed by atoms with Crippen LogP contribution in [0.25, 0.3) is 0 Å². The lowest BCUT2D eigenvalue weighted by Crippen LogP contribution is -2.14. The Morgan fingerprint density at radius 2 is 1.95 bits per heavy atom. The third-order valence-corrected chi connectivity index (χ3v) is 3.65. The summed E-state index contributed by atoms with van der Waals surface area (Å²) < 4.78 is 5.50. The second-order valence-electron chi connectivity index (χ2n) is 5.10. The molecule has 0 fully saturated rings. The average molecular weight is 273 g/mol. The monoisotopic (exact) mass is 273 g/mol. The molecule has 0 aliphatic heterocycles. The minimum atomic E-state index is 0.170. The standard InChI is InChI=1S/C16H23N3O/c1-4-12(3)15(13-9-7-6-8-10-13)16-18-14(19-20-16)11-17-5-2/h6-10,12,15,17H,4-5,11H2,1-3H3. The number of hydrogen-bond acceptors (Lipinski definition) is 4. The summed E-state index contributed by atoms with van der Waals surface area (Å²) in [5, 5.41) is 7.28. The lowest BCUT2D eigenvalue weighted by Gasteiger charge is -2.19. The molecule has 1 N–H and O–H groups in total. The third kappa shape index (κ3) is 3.45. The lowest BCUT2D eigenvalue weighted by atomic mass is 9.85. The largest absolute Gasteiger partial charge is 0.339 e. The Balaban J connectivity index is 2.25. The van der Waals surface area contributed by atoms with E-state index in [4.69, 9.17) is 4.52 Å². The van der Waals surface area contributed by atoms with Crippen molar-refractivity contribution >= 4 is 0 Å². The Morgan fingerprint density at radius 1 is 1.20 bits per heavy atom. The zero-order valence-corrected chi connectivity index (χ0v) is 12.5. The molecule has 2 rings (SSSR count). The maximum atomic E-state index is 5.50. The Kier molecular flexibility index (Phi) is 5.30. The molecule has 0 saturated carbocycles. The highest BCUT2D eigenvalue weighted by Crippen LogP contribution is 2.32. The number of benzene rings is 1. The lowest BCUT2D eigenvalue weighted by molar-refractivity contribution is 0.327. The van der Waals surface area contributed by atoms with Crippen molar-refractivity contribution in [2.24, 2.45) is 5.92 Å². The second kappa shape index (κ2) is 7.20. The SMILES string of the molecule is CCNCc1noc(C(c2ccccc2)C(C)CC)n1. The number of hydrogen-bond donors (Lipinski definition) is 1. The first kappa shape index (κ1) is 14.7. The van der Waals surface area contributed by atoms with Crippen LogP contribution in [0.2, 0.25) is 0 Å². The van der Waals surface area contributed by atoms with E-state index < -0.39 is 0 Å². The van der Waals surface area contributed by atoms with E-state index in [-0.39, 0.29) is 5.92 Å². The molecule has 4 nitrogen and oxygen atoms in total. The van der Waals surface area contributed by atoms with E-state index in [9.17, 15) is 0 Å². The van der Waals surface area contributed by atoms with Crippen LogP contribution in [-0.4, -0.2) is 16.7 Å². The Labute approximate surface area is 120 Å². The molecule has 0 amide bonds. The molecule has 0 spiro atoms. The Morgan fingerprint density at radius 3 is 2.60 bits per heavy atom. The molecule has 108 valence electrons. The molecule has 0 aliphatic carbocycles.